The van der Waals surface area contributed by atoms with Crippen molar-refractivity contribution < 1.29 is 13.2 Å². The molecule has 1 atom stereocenters. The molecule has 0 spiro atoms. The number of carbonyl (C=O) groups is 1. The van der Waals surface area contributed by atoms with Crippen LogP contribution in [0.25, 0.3) is 0 Å². The van der Waals surface area contributed by atoms with Crippen molar-refractivity contribution >= 4 is 21.5 Å². The van der Waals surface area contributed by atoms with Gasteiger partial charge in [0.1, 0.15) is 0 Å². The quantitative estimate of drug-likeness (QED) is 0.846. The lowest BCUT2D eigenvalue weighted by molar-refractivity contribution is 0.0982. The minimum atomic E-state index is -3.71. The Balaban J connectivity index is 2.18. The number of hydrogen-bond acceptors (Lipinski definition) is 3. The fraction of sp³-hybridized carbons (Fsp3) is 0.278. The zero-order valence-corrected chi connectivity index (χ0v) is 14.0. The number of ketones is 1. The van der Waals surface area contributed by atoms with Crippen molar-refractivity contribution in [1.82, 2.24) is 0 Å². The summed E-state index contributed by atoms with van der Waals surface area (Å²) >= 11 is 0. The van der Waals surface area contributed by atoms with Gasteiger partial charge >= 0.3 is 0 Å². The standard InChI is InChI=1S/C18H19NO3S/c1-13-7-10-15(11-8-13)23(21,22)19-14(2)9-12-18(20)16-5-3-4-6-17(16)19/h3-8,10-11,14H,9,12H2,1-2H3/t14-/m1/s1. The van der Waals surface area contributed by atoms with Crippen LogP contribution < -0.4 is 4.31 Å². The van der Waals surface area contributed by atoms with Crippen molar-refractivity contribution in [2.75, 3.05) is 4.31 Å². The first-order valence-corrected chi connectivity index (χ1v) is 9.08. The smallest absolute Gasteiger partial charge is 0.264 e. The summed E-state index contributed by atoms with van der Waals surface area (Å²) in [6, 6.07) is 13.5. The first-order valence-electron chi connectivity index (χ1n) is 7.64. The highest BCUT2D eigenvalue weighted by Gasteiger charge is 2.34. The Morgan fingerprint density at radius 3 is 2.39 bits per heavy atom. The lowest BCUT2D eigenvalue weighted by Crippen LogP contribution is -2.38. The number of para-hydroxylation sites is 1. The first-order chi connectivity index (χ1) is 10.9. The minimum Gasteiger partial charge on any atom is -0.294 e. The van der Waals surface area contributed by atoms with E-state index in [2.05, 4.69) is 0 Å². The van der Waals surface area contributed by atoms with Gasteiger partial charge in [-0.2, -0.15) is 0 Å². The Kier molecular flexibility index (Phi) is 3.98. The van der Waals surface area contributed by atoms with Crippen LogP contribution >= 0.6 is 0 Å². The van der Waals surface area contributed by atoms with Crippen molar-refractivity contribution in [3.63, 3.8) is 0 Å². The third kappa shape index (κ3) is 2.77. The molecule has 0 bridgehead atoms. The Labute approximate surface area is 136 Å². The Bertz CT molecular complexity index is 841. The molecule has 0 amide bonds. The number of Topliss-reactive ketones (excluding diaryl/α,β-unsaturated/α-hetero) is 1. The Morgan fingerprint density at radius 1 is 1.04 bits per heavy atom. The molecule has 0 aliphatic carbocycles. The van der Waals surface area contributed by atoms with Gasteiger partial charge in [-0.25, -0.2) is 8.42 Å². The van der Waals surface area contributed by atoms with E-state index in [0.29, 0.717) is 24.1 Å². The highest BCUT2D eigenvalue weighted by molar-refractivity contribution is 7.92. The maximum absolute atomic E-state index is 13.1. The molecule has 2 aromatic rings. The zero-order valence-electron chi connectivity index (χ0n) is 13.2. The van der Waals surface area contributed by atoms with Crippen LogP contribution in [0.1, 0.15) is 35.7 Å². The second-order valence-electron chi connectivity index (χ2n) is 5.94. The summed E-state index contributed by atoms with van der Waals surface area (Å²) in [7, 11) is -3.71. The maximum Gasteiger partial charge on any atom is 0.264 e. The molecule has 0 radical (unpaired) electrons. The number of hydrogen-bond donors (Lipinski definition) is 0. The lowest BCUT2D eigenvalue weighted by atomic mass is 10.1. The summed E-state index contributed by atoms with van der Waals surface area (Å²) in [5.74, 6) is -0.00550. The molecule has 0 N–H and O–H groups in total. The SMILES string of the molecule is Cc1ccc(S(=O)(=O)N2c3ccccc3C(=O)CC[C@H]2C)cc1. The second-order valence-corrected chi connectivity index (χ2v) is 7.76. The summed E-state index contributed by atoms with van der Waals surface area (Å²) in [5.41, 5.74) is 1.96. The number of carbonyl (C=O) groups excluding carboxylic acids is 1. The van der Waals surface area contributed by atoms with E-state index in [1.165, 1.54) is 4.31 Å². The normalized spacial score (nSPS) is 18.4. The largest absolute Gasteiger partial charge is 0.294 e. The van der Waals surface area contributed by atoms with Gasteiger partial charge in [0.2, 0.25) is 0 Å². The summed E-state index contributed by atoms with van der Waals surface area (Å²) in [4.78, 5) is 12.5. The van der Waals surface area contributed by atoms with Gasteiger partial charge in [0.25, 0.3) is 10.0 Å². The van der Waals surface area contributed by atoms with Crippen molar-refractivity contribution in [2.45, 2.75) is 37.6 Å². The van der Waals surface area contributed by atoms with Gasteiger partial charge in [-0.3, -0.25) is 9.10 Å². The molecule has 2 aromatic carbocycles. The molecule has 120 valence electrons. The minimum absolute atomic E-state index is 0.00550. The van der Waals surface area contributed by atoms with E-state index < -0.39 is 10.0 Å². The molecule has 0 saturated carbocycles. The molecule has 1 aliphatic rings. The average molecular weight is 329 g/mol. The summed E-state index contributed by atoms with van der Waals surface area (Å²) in [6.07, 6.45) is 0.872. The van der Waals surface area contributed by atoms with Crippen LogP contribution in [-0.4, -0.2) is 20.2 Å². The van der Waals surface area contributed by atoms with E-state index in [4.69, 9.17) is 0 Å². The fourth-order valence-electron chi connectivity index (χ4n) is 2.92. The third-order valence-corrected chi connectivity index (χ3v) is 6.15. The molecule has 0 fully saturated rings. The van der Waals surface area contributed by atoms with Gasteiger partial charge in [0.05, 0.1) is 10.6 Å². The topological polar surface area (TPSA) is 54.5 Å². The average Bonchev–Trinajstić information content (AvgIpc) is 2.65. The van der Waals surface area contributed by atoms with E-state index >= 15 is 0 Å². The number of anilines is 1. The van der Waals surface area contributed by atoms with E-state index in [1.54, 1.807) is 48.5 Å². The van der Waals surface area contributed by atoms with E-state index in [9.17, 15) is 13.2 Å². The number of fused-ring (bicyclic) bond motifs is 1. The summed E-state index contributed by atoms with van der Waals surface area (Å²) in [5, 5.41) is 0. The van der Waals surface area contributed by atoms with Gasteiger partial charge in [-0.05, 0) is 44.5 Å². The highest BCUT2D eigenvalue weighted by Crippen LogP contribution is 2.34. The third-order valence-electron chi connectivity index (χ3n) is 4.21. The van der Waals surface area contributed by atoms with Gasteiger partial charge < -0.3 is 0 Å². The monoisotopic (exact) mass is 329 g/mol. The Morgan fingerprint density at radius 2 is 1.70 bits per heavy atom. The molecule has 0 saturated heterocycles. The van der Waals surface area contributed by atoms with Crippen molar-refractivity contribution in [3.8, 4) is 0 Å². The van der Waals surface area contributed by atoms with Gasteiger partial charge in [-0.15, -0.1) is 0 Å². The van der Waals surface area contributed by atoms with Crippen molar-refractivity contribution in [2.24, 2.45) is 0 Å². The van der Waals surface area contributed by atoms with Crippen LogP contribution in [0.15, 0.2) is 53.4 Å². The van der Waals surface area contributed by atoms with Gasteiger partial charge in [0, 0.05) is 18.0 Å². The number of nitrogens with zero attached hydrogens (tertiary/aromatic N) is 1. The van der Waals surface area contributed by atoms with Crippen molar-refractivity contribution in [3.05, 3.63) is 59.7 Å². The number of sulfonamides is 1. The van der Waals surface area contributed by atoms with Crippen LogP contribution in [0.4, 0.5) is 5.69 Å². The van der Waals surface area contributed by atoms with Gasteiger partial charge in [-0.1, -0.05) is 29.8 Å². The number of rotatable bonds is 2. The fourth-order valence-corrected chi connectivity index (χ4v) is 4.63. The predicted octanol–water partition coefficient (Wildman–Crippen LogP) is 3.56. The van der Waals surface area contributed by atoms with Crippen LogP contribution in [0, 0.1) is 6.92 Å². The van der Waals surface area contributed by atoms with E-state index in [-0.39, 0.29) is 16.7 Å². The number of benzene rings is 2. The molecular formula is C18H19NO3S. The van der Waals surface area contributed by atoms with Crippen LogP contribution in [0.3, 0.4) is 0 Å². The zero-order chi connectivity index (χ0) is 16.6. The molecule has 0 aromatic heterocycles. The molecule has 3 rings (SSSR count). The second kappa shape index (κ2) is 5.81. The van der Waals surface area contributed by atoms with E-state index in [1.807, 2.05) is 13.8 Å². The summed E-state index contributed by atoms with van der Waals surface area (Å²) in [6.45, 7) is 3.76. The van der Waals surface area contributed by atoms with Crippen LogP contribution in [-0.2, 0) is 10.0 Å². The summed E-state index contributed by atoms with van der Waals surface area (Å²) < 4.78 is 27.7. The Hall–Kier alpha value is -2.14. The lowest BCUT2D eigenvalue weighted by Gasteiger charge is -2.29. The van der Waals surface area contributed by atoms with Crippen molar-refractivity contribution in [1.29, 1.82) is 0 Å². The van der Waals surface area contributed by atoms with E-state index in [0.717, 1.165) is 5.56 Å². The molecule has 4 nitrogen and oxygen atoms in total. The molecular weight excluding hydrogens is 310 g/mol. The number of aryl methyl sites for hydroxylation is 1. The molecule has 1 heterocycles. The molecule has 5 heteroatoms. The maximum atomic E-state index is 13.1. The van der Waals surface area contributed by atoms with Gasteiger partial charge in [0.15, 0.2) is 5.78 Å². The predicted molar refractivity (Wildman–Crippen MR) is 90.3 cm³/mol. The van der Waals surface area contributed by atoms with Crippen LogP contribution in [0.5, 0.6) is 0 Å². The first kappa shape index (κ1) is 15.7. The highest BCUT2D eigenvalue weighted by atomic mass is 32.2. The van der Waals surface area contributed by atoms with Crippen LogP contribution in [0.2, 0.25) is 0 Å². The molecule has 1 aliphatic heterocycles. The molecule has 23 heavy (non-hydrogen) atoms. The molecule has 0 unspecified atom stereocenters.